The molecule has 1 amide bonds. The fourth-order valence-electron chi connectivity index (χ4n) is 11.0. The first-order valence-electron chi connectivity index (χ1n) is 34.6. The number of hydrogen-bond donors (Lipinski definition) is 3. The van der Waals surface area contributed by atoms with Gasteiger partial charge in [-0.25, -0.2) is 0 Å². The molecule has 0 fully saturated rings. The van der Waals surface area contributed by atoms with E-state index in [-0.39, 0.29) is 18.5 Å². The summed E-state index contributed by atoms with van der Waals surface area (Å²) in [7, 11) is 0. The van der Waals surface area contributed by atoms with Crippen molar-refractivity contribution in [2.24, 2.45) is 0 Å². The molecule has 0 aliphatic carbocycles. The van der Waals surface area contributed by atoms with Gasteiger partial charge in [0.2, 0.25) is 5.91 Å². The number of nitrogens with one attached hydrogen (secondary N) is 1. The molecule has 0 saturated heterocycles. The predicted octanol–water partition coefficient (Wildman–Crippen LogP) is 22.1. The predicted molar refractivity (Wildman–Crippen MR) is 333 cm³/mol. The van der Waals surface area contributed by atoms with Crippen LogP contribution in [0.3, 0.4) is 0 Å². The fraction of sp³-hybridized carbons (Fsp3) is 0.914. The summed E-state index contributed by atoms with van der Waals surface area (Å²) >= 11 is 0. The summed E-state index contributed by atoms with van der Waals surface area (Å²) in [6.45, 7) is 4.96. The third kappa shape index (κ3) is 61.6. The van der Waals surface area contributed by atoms with Gasteiger partial charge in [-0.15, -0.1) is 0 Å². The van der Waals surface area contributed by atoms with Gasteiger partial charge in [0.05, 0.1) is 25.4 Å². The van der Waals surface area contributed by atoms with Crippen molar-refractivity contribution < 1.29 is 24.5 Å². The quantitative estimate of drug-likeness (QED) is 0.0320. The maximum Gasteiger partial charge on any atom is 0.305 e. The summed E-state index contributed by atoms with van der Waals surface area (Å²) in [6.07, 6.45) is 82.2. The van der Waals surface area contributed by atoms with Crippen LogP contribution in [-0.2, 0) is 14.3 Å². The van der Waals surface area contributed by atoms with Crippen LogP contribution < -0.4 is 5.32 Å². The van der Waals surface area contributed by atoms with Gasteiger partial charge in [-0.1, -0.05) is 340 Å². The third-order valence-corrected chi connectivity index (χ3v) is 16.3. The molecule has 6 heteroatoms. The summed E-state index contributed by atoms with van der Waals surface area (Å²) in [5.74, 6) is -0.0240. The average molecular weight is 1070 g/mol. The van der Waals surface area contributed by atoms with E-state index in [4.69, 9.17) is 4.74 Å². The smallest absolute Gasteiger partial charge is 0.305 e. The third-order valence-electron chi connectivity index (χ3n) is 16.3. The summed E-state index contributed by atoms with van der Waals surface area (Å²) in [5.41, 5.74) is 0. The van der Waals surface area contributed by atoms with Gasteiger partial charge in [0.1, 0.15) is 0 Å². The number of carbonyl (C=O) groups excluding carboxylic acids is 2. The summed E-state index contributed by atoms with van der Waals surface area (Å²) < 4.78 is 5.49. The van der Waals surface area contributed by atoms with Crippen LogP contribution in [0.2, 0.25) is 0 Å². The molecule has 450 valence electrons. The van der Waals surface area contributed by atoms with Gasteiger partial charge in [-0.3, -0.25) is 9.59 Å². The van der Waals surface area contributed by atoms with Crippen LogP contribution in [0.1, 0.15) is 386 Å². The van der Waals surface area contributed by atoms with Gasteiger partial charge in [0.15, 0.2) is 0 Å². The Hall–Kier alpha value is -1.66. The van der Waals surface area contributed by atoms with Gasteiger partial charge >= 0.3 is 5.97 Å². The van der Waals surface area contributed by atoms with Crippen LogP contribution in [0.25, 0.3) is 0 Å². The Bertz CT molecular complexity index is 1190. The molecule has 0 bridgehead atoms. The van der Waals surface area contributed by atoms with E-state index in [1.165, 1.54) is 302 Å². The SMILES string of the molecule is CCCCCC/C=C\C/C=C\CCCCCCCC(=O)OCCCCCCCCCCCCCCCCCCCCCCCCCCCCCC(=O)NC(CO)C(O)CCCCCCCCCCCCCCCCCC. The Morgan fingerprint density at radius 1 is 0.368 bits per heavy atom. The van der Waals surface area contributed by atoms with Gasteiger partial charge in [0.25, 0.3) is 0 Å². The summed E-state index contributed by atoms with van der Waals surface area (Å²) in [4.78, 5) is 24.6. The van der Waals surface area contributed by atoms with E-state index >= 15 is 0 Å². The van der Waals surface area contributed by atoms with E-state index in [0.29, 0.717) is 25.9 Å². The number of aliphatic hydroxyl groups excluding tert-OH is 2. The molecule has 2 atom stereocenters. The van der Waals surface area contributed by atoms with Crippen molar-refractivity contribution in [2.45, 2.75) is 398 Å². The lowest BCUT2D eigenvalue weighted by atomic mass is 10.0. The minimum Gasteiger partial charge on any atom is -0.466 e. The Balaban J connectivity index is 3.34. The van der Waals surface area contributed by atoms with Crippen LogP contribution >= 0.6 is 0 Å². The van der Waals surface area contributed by atoms with Crippen molar-refractivity contribution in [3.63, 3.8) is 0 Å². The molecule has 0 aliphatic heterocycles. The lowest BCUT2D eigenvalue weighted by molar-refractivity contribution is -0.143. The number of unbranched alkanes of at least 4 members (excludes halogenated alkanes) is 50. The van der Waals surface area contributed by atoms with E-state index < -0.39 is 12.1 Å². The molecule has 3 N–H and O–H groups in total. The zero-order valence-electron chi connectivity index (χ0n) is 51.5. The van der Waals surface area contributed by atoms with Gasteiger partial charge in [-0.05, 0) is 57.8 Å². The van der Waals surface area contributed by atoms with Gasteiger partial charge < -0.3 is 20.3 Å². The highest BCUT2D eigenvalue weighted by Crippen LogP contribution is 2.19. The maximum absolute atomic E-state index is 12.5. The zero-order chi connectivity index (χ0) is 55.0. The van der Waals surface area contributed by atoms with Crippen molar-refractivity contribution in [2.75, 3.05) is 13.2 Å². The number of aliphatic hydroxyl groups is 2. The van der Waals surface area contributed by atoms with Crippen molar-refractivity contribution in [1.29, 1.82) is 0 Å². The molecule has 76 heavy (non-hydrogen) atoms. The average Bonchev–Trinajstić information content (AvgIpc) is 3.42. The highest BCUT2D eigenvalue weighted by molar-refractivity contribution is 5.76. The van der Waals surface area contributed by atoms with E-state index in [9.17, 15) is 19.8 Å². The molecule has 0 heterocycles. The highest BCUT2D eigenvalue weighted by Gasteiger charge is 2.20. The maximum atomic E-state index is 12.5. The minimum atomic E-state index is -0.662. The molecule has 0 radical (unpaired) electrons. The lowest BCUT2D eigenvalue weighted by Crippen LogP contribution is -2.45. The normalized spacial score (nSPS) is 12.6. The lowest BCUT2D eigenvalue weighted by Gasteiger charge is -2.22. The zero-order valence-corrected chi connectivity index (χ0v) is 51.5. The second kappa shape index (κ2) is 65.9. The molecule has 2 unspecified atom stereocenters. The Morgan fingerprint density at radius 2 is 0.658 bits per heavy atom. The van der Waals surface area contributed by atoms with Crippen LogP contribution in [-0.4, -0.2) is 47.4 Å². The van der Waals surface area contributed by atoms with E-state index in [1.807, 2.05) is 0 Å². The van der Waals surface area contributed by atoms with Crippen molar-refractivity contribution in [3.05, 3.63) is 24.3 Å². The molecule has 0 spiro atoms. The van der Waals surface area contributed by atoms with Crippen molar-refractivity contribution in [1.82, 2.24) is 5.32 Å². The van der Waals surface area contributed by atoms with Crippen molar-refractivity contribution >= 4 is 11.9 Å². The first-order chi connectivity index (χ1) is 37.5. The number of esters is 1. The molecule has 6 nitrogen and oxygen atoms in total. The van der Waals surface area contributed by atoms with Crippen LogP contribution in [0.5, 0.6) is 0 Å². The molecule has 0 rings (SSSR count). The summed E-state index contributed by atoms with van der Waals surface area (Å²) in [6, 6.07) is -0.539. The first kappa shape index (κ1) is 74.3. The number of carbonyl (C=O) groups is 2. The minimum absolute atomic E-state index is 0.00523. The van der Waals surface area contributed by atoms with Crippen LogP contribution in [0.4, 0.5) is 0 Å². The molecule has 0 aromatic carbocycles. The summed E-state index contributed by atoms with van der Waals surface area (Å²) in [5, 5.41) is 23.3. The molecular formula is C70H135NO5. The molecule has 0 aromatic rings. The standard InChI is InChI=1S/C70H135NO5/c1-3-5-7-9-11-13-15-17-19-34-38-42-46-50-54-58-62-68(73)67(66-72)71-69(74)63-59-55-51-47-43-39-35-32-30-28-26-24-22-21-23-25-27-29-31-33-37-41-45-49-53-57-61-65-76-70(75)64-60-56-52-48-44-40-36-20-18-16-14-12-10-8-6-4-2/h14,16,20,36,67-68,72-73H,3-13,15,17-19,21-35,37-66H2,1-2H3,(H,71,74)/b16-14-,36-20-. The first-order valence-corrected chi connectivity index (χ1v) is 34.6. The second-order valence-corrected chi connectivity index (χ2v) is 23.9. The number of hydrogen-bond acceptors (Lipinski definition) is 5. The number of amides is 1. The Morgan fingerprint density at radius 3 is 1.01 bits per heavy atom. The van der Waals surface area contributed by atoms with Gasteiger partial charge in [0, 0.05) is 12.8 Å². The van der Waals surface area contributed by atoms with E-state index in [1.54, 1.807) is 0 Å². The molecule has 0 aliphatic rings. The van der Waals surface area contributed by atoms with E-state index in [0.717, 1.165) is 51.4 Å². The number of allylic oxidation sites excluding steroid dienone is 4. The number of ether oxygens (including phenoxy) is 1. The Kier molecular flexibility index (Phi) is 64.4. The monoisotopic (exact) mass is 1070 g/mol. The molecular weight excluding hydrogens is 935 g/mol. The molecule has 0 saturated carbocycles. The Labute approximate surface area is 475 Å². The largest absolute Gasteiger partial charge is 0.466 e. The van der Waals surface area contributed by atoms with E-state index in [2.05, 4.69) is 43.5 Å². The van der Waals surface area contributed by atoms with Crippen molar-refractivity contribution in [3.8, 4) is 0 Å². The molecule has 0 aromatic heterocycles. The van der Waals surface area contributed by atoms with Crippen LogP contribution in [0, 0.1) is 0 Å². The fourth-order valence-corrected chi connectivity index (χ4v) is 11.0. The van der Waals surface area contributed by atoms with Gasteiger partial charge in [-0.2, -0.15) is 0 Å². The second-order valence-electron chi connectivity index (χ2n) is 23.9. The highest BCUT2D eigenvalue weighted by atomic mass is 16.5. The number of rotatable bonds is 65. The van der Waals surface area contributed by atoms with Crippen LogP contribution in [0.15, 0.2) is 24.3 Å². The topological polar surface area (TPSA) is 95.9 Å².